The van der Waals surface area contributed by atoms with Crippen molar-refractivity contribution in [1.82, 2.24) is 4.90 Å². The molecule has 2 N–H and O–H groups in total. The minimum absolute atomic E-state index is 0.351. The van der Waals surface area contributed by atoms with E-state index in [0.717, 1.165) is 50.6 Å². The van der Waals surface area contributed by atoms with Crippen LogP contribution in [0.1, 0.15) is 18.9 Å². The molecule has 0 aliphatic carbocycles. The zero-order valence-corrected chi connectivity index (χ0v) is 14.4. The summed E-state index contributed by atoms with van der Waals surface area (Å²) < 4.78 is 16.0. The van der Waals surface area contributed by atoms with Gasteiger partial charge in [-0.25, -0.2) is 0 Å². The Morgan fingerprint density at radius 3 is 2.67 bits per heavy atom. The second-order valence-corrected chi connectivity index (χ2v) is 5.86. The van der Waals surface area contributed by atoms with E-state index in [1.54, 1.807) is 6.92 Å². The Balaban J connectivity index is 1.66. The van der Waals surface area contributed by atoms with Crippen molar-refractivity contribution in [3.05, 3.63) is 29.8 Å². The Bertz CT molecular complexity index is 486. The van der Waals surface area contributed by atoms with Gasteiger partial charge in [0.05, 0.1) is 26.4 Å². The number of ether oxygens (including phenoxy) is 3. The van der Waals surface area contributed by atoms with Crippen molar-refractivity contribution in [2.75, 3.05) is 46.1 Å². The van der Waals surface area contributed by atoms with Crippen molar-refractivity contribution in [2.45, 2.75) is 25.8 Å². The second kappa shape index (κ2) is 10.3. The third-order valence-corrected chi connectivity index (χ3v) is 3.96. The van der Waals surface area contributed by atoms with E-state index in [1.165, 1.54) is 0 Å². The lowest BCUT2D eigenvalue weighted by Crippen LogP contribution is -2.37. The van der Waals surface area contributed by atoms with Gasteiger partial charge in [-0.05, 0) is 37.5 Å². The lowest BCUT2D eigenvalue weighted by molar-refractivity contribution is -0.144. The quantitative estimate of drug-likeness (QED) is 0.540. The van der Waals surface area contributed by atoms with Gasteiger partial charge in [0.25, 0.3) is 0 Å². The maximum Gasteiger partial charge on any atom is 0.323 e. The van der Waals surface area contributed by atoms with Gasteiger partial charge < -0.3 is 19.9 Å². The number of hydrogen-bond donors (Lipinski definition) is 1. The molecule has 1 heterocycles. The summed E-state index contributed by atoms with van der Waals surface area (Å²) in [6.07, 6.45) is 1.46. The molecule has 0 bridgehead atoms. The number of hydrogen-bond acceptors (Lipinski definition) is 6. The van der Waals surface area contributed by atoms with E-state index >= 15 is 0 Å². The van der Waals surface area contributed by atoms with Crippen LogP contribution in [0.4, 0.5) is 0 Å². The van der Waals surface area contributed by atoms with Crippen molar-refractivity contribution in [2.24, 2.45) is 5.73 Å². The molecule has 6 heteroatoms. The van der Waals surface area contributed by atoms with E-state index in [0.29, 0.717) is 19.6 Å². The van der Waals surface area contributed by atoms with Crippen LogP contribution in [0.25, 0.3) is 0 Å². The van der Waals surface area contributed by atoms with Gasteiger partial charge in [-0.3, -0.25) is 9.69 Å². The predicted molar refractivity (Wildman–Crippen MR) is 92.1 cm³/mol. The third kappa shape index (κ3) is 6.47. The lowest BCUT2D eigenvalue weighted by atomic mass is 10.1. The highest BCUT2D eigenvalue weighted by Gasteiger charge is 2.15. The maximum absolute atomic E-state index is 11.5. The van der Waals surface area contributed by atoms with Crippen LogP contribution in [-0.4, -0.2) is 63.0 Å². The number of carbonyl (C=O) groups excluding carboxylic acids is 1. The van der Waals surface area contributed by atoms with Crippen molar-refractivity contribution in [3.8, 4) is 5.75 Å². The smallest absolute Gasteiger partial charge is 0.323 e. The molecule has 1 atom stereocenters. The number of nitrogens with two attached hydrogens (primary N) is 1. The summed E-state index contributed by atoms with van der Waals surface area (Å²) in [7, 11) is 0. The largest absolute Gasteiger partial charge is 0.494 e. The Hall–Kier alpha value is -1.63. The van der Waals surface area contributed by atoms with Crippen LogP contribution >= 0.6 is 0 Å². The first-order valence-electron chi connectivity index (χ1n) is 8.63. The molecule has 1 aromatic carbocycles. The van der Waals surface area contributed by atoms with Gasteiger partial charge >= 0.3 is 5.97 Å². The summed E-state index contributed by atoms with van der Waals surface area (Å²) in [5.41, 5.74) is 6.82. The first-order chi connectivity index (χ1) is 11.7. The molecule has 2 rings (SSSR count). The molecule has 0 radical (unpaired) electrons. The van der Waals surface area contributed by atoms with Gasteiger partial charge in [0.2, 0.25) is 0 Å². The number of nitrogens with zero attached hydrogens (tertiary/aromatic N) is 1. The average molecular weight is 336 g/mol. The van der Waals surface area contributed by atoms with E-state index in [9.17, 15) is 4.79 Å². The fourth-order valence-corrected chi connectivity index (χ4v) is 2.61. The summed E-state index contributed by atoms with van der Waals surface area (Å²) in [5.74, 6) is 0.478. The normalized spacial score (nSPS) is 16.6. The molecule has 0 amide bonds. The molecule has 0 spiro atoms. The topological polar surface area (TPSA) is 74.0 Å². The van der Waals surface area contributed by atoms with E-state index in [1.807, 2.05) is 24.3 Å². The van der Waals surface area contributed by atoms with Gasteiger partial charge in [-0.2, -0.15) is 0 Å². The van der Waals surface area contributed by atoms with Crippen LogP contribution in [0.5, 0.6) is 5.75 Å². The van der Waals surface area contributed by atoms with Gasteiger partial charge in [-0.1, -0.05) is 12.1 Å². The Morgan fingerprint density at radius 2 is 2.00 bits per heavy atom. The van der Waals surface area contributed by atoms with Crippen LogP contribution in [-0.2, 0) is 20.7 Å². The molecule has 0 aromatic heterocycles. The molecular formula is C18H28N2O4. The summed E-state index contributed by atoms with van der Waals surface area (Å²) in [6.45, 7) is 7.53. The van der Waals surface area contributed by atoms with Crippen molar-refractivity contribution >= 4 is 5.97 Å². The highest BCUT2D eigenvalue weighted by molar-refractivity contribution is 5.75. The first-order valence-corrected chi connectivity index (χ1v) is 8.63. The van der Waals surface area contributed by atoms with Gasteiger partial charge in [0.1, 0.15) is 11.8 Å². The monoisotopic (exact) mass is 336 g/mol. The van der Waals surface area contributed by atoms with E-state index in [4.69, 9.17) is 19.9 Å². The van der Waals surface area contributed by atoms with E-state index in [2.05, 4.69) is 4.90 Å². The number of carbonyl (C=O) groups is 1. The fraction of sp³-hybridized carbons (Fsp3) is 0.611. The number of morpholine rings is 1. The number of esters is 1. The van der Waals surface area contributed by atoms with Crippen molar-refractivity contribution in [3.63, 3.8) is 0 Å². The van der Waals surface area contributed by atoms with Crippen molar-refractivity contribution in [1.29, 1.82) is 0 Å². The second-order valence-electron chi connectivity index (χ2n) is 5.86. The van der Waals surface area contributed by atoms with Gasteiger partial charge in [0.15, 0.2) is 0 Å². The molecule has 1 aliphatic rings. The lowest BCUT2D eigenvalue weighted by Gasteiger charge is -2.26. The standard InChI is InChI=1S/C18H28N2O4/c1-2-23-18(21)17(19)14-15-4-6-16(7-5-15)24-11-3-8-20-9-12-22-13-10-20/h4-7,17H,2-3,8-14,19H2,1H3. The third-order valence-electron chi connectivity index (χ3n) is 3.96. The van der Waals surface area contributed by atoms with E-state index in [-0.39, 0.29) is 5.97 Å². The molecular weight excluding hydrogens is 308 g/mol. The summed E-state index contributed by atoms with van der Waals surface area (Å²) in [6, 6.07) is 7.10. The summed E-state index contributed by atoms with van der Waals surface area (Å²) in [4.78, 5) is 13.9. The Labute approximate surface area is 143 Å². The zero-order valence-electron chi connectivity index (χ0n) is 14.4. The van der Waals surface area contributed by atoms with Crippen LogP contribution in [0, 0.1) is 0 Å². The SMILES string of the molecule is CCOC(=O)C(N)Cc1ccc(OCCCN2CCOCC2)cc1. The zero-order chi connectivity index (χ0) is 17.2. The minimum Gasteiger partial charge on any atom is -0.494 e. The molecule has 1 fully saturated rings. The van der Waals surface area contributed by atoms with Crippen LogP contribution in [0.3, 0.4) is 0 Å². The molecule has 1 aromatic rings. The van der Waals surface area contributed by atoms with Crippen LogP contribution in [0.2, 0.25) is 0 Å². The molecule has 1 unspecified atom stereocenters. The molecule has 1 saturated heterocycles. The highest BCUT2D eigenvalue weighted by atomic mass is 16.5. The van der Waals surface area contributed by atoms with Crippen molar-refractivity contribution < 1.29 is 19.0 Å². The van der Waals surface area contributed by atoms with E-state index < -0.39 is 6.04 Å². The van der Waals surface area contributed by atoms with Gasteiger partial charge in [0, 0.05) is 19.6 Å². The fourth-order valence-electron chi connectivity index (χ4n) is 2.61. The number of benzene rings is 1. The highest BCUT2D eigenvalue weighted by Crippen LogP contribution is 2.14. The molecule has 0 saturated carbocycles. The number of rotatable bonds is 9. The average Bonchev–Trinajstić information content (AvgIpc) is 2.61. The maximum atomic E-state index is 11.5. The van der Waals surface area contributed by atoms with Gasteiger partial charge in [-0.15, -0.1) is 0 Å². The molecule has 24 heavy (non-hydrogen) atoms. The molecule has 6 nitrogen and oxygen atoms in total. The Morgan fingerprint density at radius 1 is 1.29 bits per heavy atom. The molecule has 1 aliphatic heterocycles. The predicted octanol–water partition coefficient (Wildman–Crippen LogP) is 1.22. The first kappa shape index (κ1) is 18.7. The summed E-state index contributed by atoms with van der Waals surface area (Å²) >= 11 is 0. The Kier molecular flexibility index (Phi) is 8.01. The molecule has 134 valence electrons. The minimum atomic E-state index is -0.620. The van der Waals surface area contributed by atoms with Crippen LogP contribution in [0.15, 0.2) is 24.3 Å². The summed E-state index contributed by atoms with van der Waals surface area (Å²) in [5, 5.41) is 0. The van der Waals surface area contributed by atoms with Crippen LogP contribution < -0.4 is 10.5 Å².